The minimum Gasteiger partial charge on any atom is -0.480 e. The molecule has 0 bridgehead atoms. The van der Waals surface area contributed by atoms with Gasteiger partial charge in [0.05, 0.1) is 0 Å². The topological polar surface area (TPSA) is 117 Å². The fourth-order valence-electron chi connectivity index (χ4n) is 4.45. The van der Waals surface area contributed by atoms with Crippen molar-refractivity contribution in [3.05, 3.63) is 89.5 Å². The predicted molar refractivity (Wildman–Crippen MR) is 161 cm³/mol. The normalized spacial score (nSPS) is 12.6. The Labute approximate surface area is 247 Å². The lowest BCUT2D eigenvalue weighted by molar-refractivity contribution is -0.138. The maximum atomic E-state index is 12.6. The summed E-state index contributed by atoms with van der Waals surface area (Å²) in [6, 6.07) is 22.3. The molecule has 0 heterocycles. The second kappa shape index (κ2) is 14.8. The van der Waals surface area contributed by atoms with Gasteiger partial charge < -0.3 is 30.1 Å². The van der Waals surface area contributed by atoms with Crippen LogP contribution in [0.25, 0.3) is 11.1 Å². The van der Waals surface area contributed by atoms with E-state index in [2.05, 4.69) is 22.8 Å². The quantitative estimate of drug-likeness (QED) is 0.229. The first kappa shape index (κ1) is 30.3. The maximum absolute atomic E-state index is 12.6. The summed E-state index contributed by atoms with van der Waals surface area (Å²) < 4.78 is 10.9. The van der Waals surface area contributed by atoms with Crippen LogP contribution < -0.4 is 10.6 Å². The summed E-state index contributed by atoms with van der Waals surface area (Å²) in [5.74, 6) is -1.17. The Kier molecular flexibility index (Phi) is 10.9. The summed E-state index contributed by atoms with van der Waals surface area (Å²) in [7, 11) is 6.12. The molecule has 2 amide bonds. The van der Waals surface area contributed by atoms with Crippen molar-refractivity contribution in [3.8, 4) is 11.1 Å². The number of aliphatic carboxylic acids is 1. The molecule has 0 saturated heterocycles. The van der Waals surface area contributed by atoms with Crippen molar-refractivity contribution in [3.63, 3.8) is 0 Å². The number of carbonyl (C=O) groups is 3. The Morgan fingerprint density at radius 2 is 1.59 bits per heavy atom. The first-order valence-corrected chi connectivity index (χ1v) is 15.4. The van der Waals surface area contributed by atoms with E-state index >= 15 is 0 Å². The van der Waals surface area contributed by atoms with E-state index in [1.54, 1.807) is 7.05 Å². The third kappa shape index (κ3) is 7.96. The molecule has 4 rings (SSSR count). The molecule has 11 heteroatoms. The Balaban J connectivity index is 1.28. The van der Waals surface area contributed by atoms with Crippen LogP contribution in [-0.4, -0.2) is 73.7 Å². The van der Waals surface area contributed by atoms with Gasteiger partial charge in [0.15, 0.2) is 0 Å². The molecule has 0 fully saturated rings. The van der Waals surface area contributed by atoms with Gasteiger partial charge in [0.25, 0.3) is 0 Å². The number of benzene rings is 3. The van der Waals surface area contributed by atoms with Crippen molar-refractivity contribution >= 4 is 39.7 Å². The second-order valence-corrected chi connectivity index (χ2v) is 11.8. The summed E-state index contributed by atoms with van der Waals surface area (Å²) in [6.45, 7) is 1.37. The van der Waals surface area contributed by atoms with Gasteiger partial charge in [0.2, 0.25) is 0 Å². The van der Waals surface area contributed by atoms with E-state index in [-0.39, 0.29) is 24.9 Å². The standard InChI is InChI=1S/C30H33N3O6S2/c1-31-15-16-33(2)30(37)39-17-20-9-3-8-14-27(20)41-40-19-26(28(34)35)32-29(36)38-18-25-23-12-6-4-10-21(23)22-11-5-7-13-24(22)25/h3-14,25-26,31H,15-19H2,1-2H3,(H,32,36)(H,34,35)/t26-/m0/s1. The average Bonchev–Trinajstić information content (AvgIpc) is 3.31. The van der Waals surface area contributed by atoms with Crippen LogP contribution in [-0.2, 0) is 20.9 Å². The van der Waals surface area contributed by atoms with Crippen LogP contribution in [0.15, 0.2) is 77.7 Å². The van der Waals surface area contributed by atoms with Crippen LogP contribution in [0.4, 0.5) is 9.59 Å². The number of carboxylic acid groups (broad SMARTS) is 1. The Hall–Kier alpha value is -3.67. The molecular formula is C30H33N3O6S2. The number of alkyl carbamates (subject to hydrolysis) is 1. The van der Waals surface area contributed by atoms with Crippen LogP contribution in [0, 0.1) is 0 Å². The van der Waals surface area contributed by atoms with Gasteiger partial charge >= 0.3 is 18.2 Å². The molecule has 1 aliphatic rings. The number of nitrogens with one attached hydrogen (secondary N) is 2. The molecule has 1 atom stereocenters. The van der Waals surface area contributed by atoms with Gasteiger partial charge in [-0.25, -0.2) is 14.4 Å². The van der Waals surface area contributed by atoms with Gasteiger partial charge in [-0.1, -0.05) is 88.3 Å². The van der Waals surface area contributed by atoms with E-state index < -0.39 is 24.2 Å². The van der Waals surface area contributed by atoms with Gasteiger partial charge in [-0.3, -0.25) is 0 Å². The molecule has 0 aliphatic heterocycles. The third-order valence-corrected chi connectivity index (χ3v) is 9.12. The van der Waals surface area contributed by atoms with E-state index in [0.717, 1.165) is 32.7 Å². The van der Waals surface area contributed by atoms with Gasteiger partial charge in [-0.2, -0.15) is 0 Å². The van der Waals surface area contributed by atoms with E-state index in [0.29, 0.717) is 13.1 Å². The summed E-state index contributed by atoms with van der Waals surface area (Å²) in [4.78, 5) is 39.1. The van der Waals surface area contributed by atoms with E-state index in [1.807, 2.05) is 67.7 Å². The minimum atomic E-state index is -1.15. The van der Waals surface area contributed by atoms with Crippen LogP contribution in [0.5, 0.6) is 0 Å². The van der Waals surface area contributed by atoms with Crippen molar-refractivity contribution in [1.82, 2.24) is 15.5 Å². The lowest BCUT2D eigenvalue weighted by atomic mass is 9.98. The Morgan fingerprint density at radius 1 is 0.951 bits per heavy atom. The minimum absolute atomic E-state index is 0.0901. The summed E-state index contributed by atoms with van der Waals surface area (Å²) in [6.07, 6.45) is -1.20. The number of carbonyl (C=O) groups excluding carboxylic acids is 2. The lowest BCUT2D eigenvalue weighted by Gasteiger charge is -2.18. The van der Waals surface area contributed by atoms with Crippen molar-refractivity contribution in [2.45, 2.75) is 23.5 Å². The van der Waals surface area contributed by atoms with Gasteiger partial charge in [0.1, 0.15) is 19.3 Å². The fourth-order valence-corrected chi connectivity index (χ4v) is 6.85. The number of rotatable bonds is 13. The van der Waals surface area contributed by atoms with Crippen molar-refractivity contribution in [1.29, 1.82) is 0 Å². The van der Waals surface area contributed by atoms with Crippen molar-refractivity contribution in [2.75, 3.05) is 39.5 Å². The fraction of sp³-hybridized carbons (Fsp3) is 0.300. The third-order valence-electron chi connectivity index (χ3n) is 6.65. The Bertz CT molecular complexity index is 1330. The highest BCUT2D eigenvalue weighted by Crippen LogP contribution is 2.44. The number of hydrogen-bond donors (Lipinski definition) is 3. The number of amides is 2. The van der Waals surface area contributed by atoms with Crippen molar-refractivity contribution < 1.29 is 29.0 Å². The van der Waals surface area contributed by atoms with Gasteiger partial charge in [-0.15, -0.1) is 0 Å². The average molecular weight is 596 g/mol. The number of hydrogen-bond acceptors (Lipinski definition) is 8. The van der Waals surface area contributed by atoms with Crippen LogP contribution in [0.3, 0.4) is 0 Å². The van der Waals surface area contributed by atoms with E-state index in [9.17, 15) is 19.5 Å². The number of carboxylic acids is 1. The molecule has 0 spiro atoms. The molecule has 0 radical (unpaired) electrons. The van der Waals surface area contributed by atoms with Crippen LogP contribution in [0.1, 0.15) is 22.6 Å². The highest BCUT2D eigenvalue weighted by molar-refractivity contribution is 8.76. The molecule has 0 saturated carbocycles. The molecule has 3 N–H and O–H groups in total. The zero-order valence-electron chi connectivity index (χ0n) is 22.9. The lowest BCUT2D eigenvalue weighted by Crippen LogP contribution is -2.43. The maximum Gasteiger partial charge on any atom is 0.409 e. The first-order valence-electron chi connectivity index (χ1n) is 13.1. The molecule has 0 aromatic heterocycles. The highest BCUT2D eigenvalue weighted by atomic mass is 33.1. The molecule has 0 unspecified atom stereocenters. The zero-order chi connectivity index (χ0) is 29.2. The van der Waals surface area contributed by atoms with Gasteiger partial charge in [0, 0.05) is 42.3 Å². The van der Waals surface area contributed by atoms with E-state index in [1.165, 1.54) is 26.5 Å². The molecular weight excluding hydrogens is 562 g/mol. The van der Waals surface area contributed by atoms with Crippen molar-refractivity contribution in [2.24, 2.45) is 0 Å². The monoisotopic (exact) mass is 595 g/mol. The zero-order valence-corrected chi connectivity index (χ0v) is 24.5. The summed E-state index contributed by atoms with van der Waals surface area (Å²) >= 11 is 0. The second-order valence-electron chi connectivity index (χ2n) is 9.42. The predicted octanol–water partition coefficient (Wildman–Crippen LogP) is 5.21. The largest absolute Gasteiger partial charge is 0.480 e. The molecule has 3 aromatic rings. The molecule has 3 aromatic carbocycles. The number of ether oxygens (including phenoxy) is 2. The van der Waals surface area contributed by atoms with E-state index in [4.69, 9.17) is 9.47 Å². The van der Waals surface area contributed by atoms with Crippen LogP contribution >= 0.6 is 21.6 Å². The Morgan fingerprint density at radius 3 is 2.24 bits per heavy atom. The smallest absolute Gasteiger partial charge is 0.409 e. The molecule has 1 aliphatic carbocycles. The van der Waals surface area contributed by atoms with Crippen LogP contribution in [0.2, 0.25) is 0 Å². The number of likely N-dealkylation sites (N-methyl/N-ethyl adjacent to an activating group) is 2. The summed E-state index contributed by atoms with van der Waals surface area (Å²) in [5, 5.41) is 15.2. The highest BCUT2D eigenvalue weighted by Gasteiger charge is 2.30. The SMILES string of the molecule is CNCCN(C)C(=O)OCc1ccccc1SSC[C@H](NC(=O)OCC1c2ccccc2-c2ccccc21)C(=O)O. The molecule has 41 heavy (non-hydrogen) atoms. The number of nitrogens with zero attached hydrogens (tertiary/aromatic N) is 1. The number of fused-ring (bicyclic) bond motifs is 3. The first-order chi connectivity index (χ1) is 19.9. The summed E-state index contributed by atoms with van der Waals surface area (Å²) in [5.41, 5.74) is 5.20. The molecule has 9 nitrogen and oxygen atoms in total. The molecule has 216 valence electrons. The van der Waals surface area contributed by atoms with Gasteiger partial charge in [-0.05, 0) is 35.4 Å².